The SMILES string of the molecule is NN1c2ccc(Br)cc2N=C(N=NCc2cccc(Cl)c2)C12CCNCC2. The van der Waals surface area contributed by atoms with Gasteiger partial charge < -0.3 is 5.32 Å². The Labute approximate surface area is 171 Å². The van der Waals surface area contributed by atoms with Crippen molar-refractivity contribution in [2.45, 2.75) is 24.9 Å². The molecule has 6 nitrogen and oxygen atoms in total. The van der Waals surface area contributed by atoms with Crippen LogP contribution in [0.4, 0.5) is 11.4 Å². The average molecular weight is 448 g/mol. The lowest BCUT2D eigenvalue weighted by Crippen LogP contribution is -2.63. The smallest absolute Gasteiger partial charge is 0.178 e. The molecule has 0 amide bonds. The van der Waals surface area contributed by atoms with E-state index < -0.39 is 5.54 Å². The third-order valence-electron chi connectivity index (χ3n) is 5.04. The predicted molar refractivity (Wildman–Crippen MR) is 113 cm³/mol. The molecule has 4 rings (SSSR count). The Bertz CT molecular complexity index is 907. The number of nitrogens with one attached hydrogen (secondary N) is 1. The zero-order valence-corrected chi connectivity index (χ0v) is 17.0. The van der Waals surface area contributed by atoms with Gasteiger partial charge in [0.05, 0.1) is 17.9 Å². The van der Waals surface area contributed by atoms with E-state index in [2.05, 4.69) is 31.5 Å². The monoisotopic (exact) mass is 446 g/mol. The topological polar surface area (TPSA) is 78.4 Å². The lowest BCUT2D eigenvalue weighted by atomic mass is 9.84. The minimum absolute atomic E-state index is 0.441. The van der Waals surface area contributed by atoms with Crippen LogP contribution in [-0.2, 0) is 6.54 Å². The van der Waals surface area contributed by atoms with Crippen molar-refractivity contribution >= 4 is 44.7 Å². The third kappa shape index (κ3) is 3.65. The van der Waals surface area contributed by atoms with Gasteiger partial charge in [0, 0.05) is 9.50 Å². The maximum Gasteiger partial charge on any atom is 0.178 e. The Balaban J connectivity index is 1.69. The Kier molecular flexibility index (Phi) is 5.27. The number of benzene rings is 2. The molecule has 2 aromatic carbocycles. The highest BCUT2D eigenvalue weighted by Gasteiger charge is 2.45. The fourth-order valence-electron chi connectivity index (χ4n) is 3.59. The van der Waals surface area contributed by atoms with Crippen LogP contribution in [-0.4, -0.2) is 24.5 Å². The summed E-state index contributed by atoms with van der Waals surface area (Å²) in [6, 6.07) is 13.6. The zero-order valence-electron chi connectivity index (χ0n) is 14.7. The van der Waals surface area contributed by atoms with E-state index in [0.717, 1.165) is 47.3 Å². The van der Waals surface area contributed by atoms with Crippen LogP contribution < -0.4 is 16.2 Å². The van der Waals surface area contributed by atoms with E-state index in [0.29, 0.717) is 17.4 Å². The standard InChI is InChI=1S/C19H20BrClN6/c20-14-4-5-17-16(11-14)25-18(19(27(17)22)6-8-23-9-7-19)26-24-12-13-2-1-3-15(21)10-13/h1-5,10-11,23H,6-9,12,22H2. The van der Waals surface area contributed by atoms with E-state index in [9.17, 15) is 0 Å². The highest BCUT2D eigenvalue weighted by Crippen LogP contribution is 2.42. The molecule has 2 aromatic rings. The number of anilines is 1. The second-order valence-corrected chi connectivity index (χ2v) is 8.10. The number of halogens is 2. The molecule has 1 saturated heterocycles. The van der Waals surface area contributed by atoms with Gasteiger partial charge in [-0.05, 0) is 61.8 Å². The lowest BCUT2D eigenvalue weighted by molar-refractivity contribution is 0.366. The number of nitrogens with zero attached hydrogens (tertiary/aromatic N) is 4. The van der Waals surface area contributed by atoms with Gasteiger partial charge in [-0.2, -0.15) is 5.11 Å². The molecular weight excluding hydrogens is 428 g/mol. The summed E-state index contributed by atoms with van der Waals surface area (Å²) in [7, 11) is 0. The molecule has 0 radical (unpaired) electrons. The molecule has 2 heterocycles. The van der Waals surface area contributed by atoms with Crippen LogP contribution in [0.5, 0.6) is 0 Å². The fourth-order valence-corrected chi connectivity index (χ4v) is 4.15. The van der Waals surface area contributed by atoms with Gasteiger partial charge in [0.25, 0.3) is 0 Å². The Morgan fingerprint density at radius 2 is 2.04 bits per heavy atom. The summed E-state index contributed by atoms with van der Waals surface area (Å²) in [5, 5.41) is 14.8. The molecule has 8 heteroatoms. The number of nitrogens with two attached hydrogens (primary N) is 1. The van der Waals surface area contributed by atoms with Crippen LogP contribution in [0, 0.1) is 0 Å². The summed E-state index contributed by atoms with van der Waals surface area (Å²) < 4.78 is 0.954. The van der Waals surface area contributed by atoms with Crippen LogP contribution >= 0.6 is 27.5 Å². The van der Waals surface area contributed by atoms with E-state index in [1.54, 1.807) is 0 Å². The molecule has 0 atom stereocenters. The van der Waals surface area contributed by atoms with Gasteiger partial charge in [0.1, 0.15) is 5.54 Å². The second-order valence-electron chi connectivity index (χ2n) is 6.75. The number of rotatable bonds is 2. The molecule has 2 aliphatic rings. The highest BCUT2D eigenvalue weighted by atomic mass is 79.9. The van der Waals surface area contributed by atoms with Crippen molar-refractivity contribution in [2.24, 2.45) is 21.1 Å². The first-order valence-electron chi connectivity index (χ1n) is 8.85. The summed E-state index contributed by atoms with van der Waals surface area (Å²) in [5.74, 6) is 7.26. The normalized spacial score (nSPS) is 18.6. The Morgan fingerprint density at radius 3 is 2.81 bits per heavy atom. The molecule has 0 saturated carbocycles. The Morgan fingerprint density at radius 1 is 1.22 bits per heavy atom. The van der Waals surface area contributed by atoms with E-state index >= 15 is 0 Å². The number of hydrazine groups is 1. The molecule has 2 aliphatic heterocycles. The fraction of sp³-hybridized carbons (Fsp3) is 0.316. The lowest BCUT2D eigenvalue weighted by Gasteiger charge is -2.46. The van der Waals surface area contributed by atoms with Crippen LogP contribution in [0.1, 0.15) is 18.4 Å². The van der Waals surface area contributed by atoms with Crippen molar-refractivity contribution < 1.29 is 0 Å². The zero-order chi connectivity index (χ0) is 18.9. The summed E-state index contributed by atoms with van der Waals surface area (Å²) in [6.45, 7) is 2.18. The van der Waals surface area contributed by atoms with Gasteiger partial charge in [0.15, 0.2) is 5.84 Å². The molecule has 0 aromatic heterocycles. The minimum Gasteiger partial charge on any atom is -0.317 e. The molecule has 0 bridgehead atoms. The summed E-state index contributed by atoms with van der Waals surface area (Å²) in [6.07, 6.45) is 1.65. The number of azo groups is 1. The van der Waals surface area contributed by atoms with Gasteiger partial charge in [0.2, 0.25) is 0 Å². The third-order valence-corrected chi connectivity index (χ3v) is 5.77. The maximum absolute atomic E-state index is 6.59. The number of amidine groups is 1. The van der Waals surface area contributed by atoms with Gasteiger partial charge in [-0.25, -0.2) is 10.8 Å². The van der Waals surface area contributed by atoms with Crippen LogP contribution in [0.3, 0.4) is 0 Å². The van der Waals surface area contributed by atoms with Crippen LogP contribution in [0.25, 0.3) is 0 Å². The largest absolute Gasteiger partial charge is 0.317 e. The van der Waals surface area contributed by atoms with Crippen molar-refractivity contribution in [1.82, 2.24) is 5.32 Å². The van der Waals surface area contributed by atoms with Crippen molar-refractivity contribution in [2.75, 3.05) is 18.1 Å². The molecule has 0 unspecified atom stereocenters. The van der Waals surface area contributed by atoms with E-state index in [1.807, 2.05) is 47.5 Å². The van der Waals surface area contributed by atoms with Crippen LogP contribution in [0.2, 0.25) is 5.02 Å². The predicted octanol–water partition coefficient (Wildman–Crippen LogP) is 4.60. The number of hydrogen-bond donors (Lipinski definition) is 2. The van der Waals surface area contributed by atoms with E-state index in [1.165, 1.54) is 0 Å². The van der Waals surface area contributed by atoms with Crippen LogP contribution in [0.15, 0.2) is 62.2 Å². The minimum atomic E-state index is -0.441. The molecule has 27 heavy (non-hydrogen) atoms. The quantitative estimate of drug-likeness (QED) is 0.521. The van der Waals surface area contributed by atoms with Crippen molar-refractivity contribution in [1.29, 1.82) is 0 Å². The Hall–Kier alpha value is -1.80. The van der Waals surface area contributed by atoms with Gasteiger partial charge in [-0.3, -0.25) is 5.01 Å². The first-order chi connectivity index (χ1) is 13.1. The molecule has 1 fully saturated rings. The molecule has 1 spiro atoms. The van der Waals surface area contributed by atoms with Crippen molar-refractivity contribution in [3.8, 4) is 0 Å². The summed E-state index contributed by atoms with van der Waals surface area (Å²) in [5.41, 5.74) is 2.28. The van der Waals surface area contributed by atoms with E-state index in [-0.39, 0.29) is 0 Å². The van der Waals surface area contributed by atoms with Crippen molar-refractivity contribution in [3.63, 3.8) is 0 Å². The van der Waals surface area contributed by atoms with E-state index in [4.69, 9.17) is 22.4 Å². The number of piperidine rings is 1. The van der Waals surface area contributed by atoms with Gasteiger partial charge in [-0.1, -0.05) is 39.7 Å². The van der Waals surface area contributed by atoms with Gasteiger partial charge in [-0.15, -0.1) is 5.11 Å². The molecule has 3 N–H and O–H groups in total. The van der Waals surface area contributed by atoms with Gasteiger partial charge >= 0.3 is 0 Å². The molecule has 0 aliphatic carbocycles. The average Bonchev–Trinajstić information content (AvgIpc) is 2.67. The number of aliphatic imine (C=N–C) groups is 1. The summed E-state index contributed by atoms with van der Waals surface area (Å²) in [4.78, 5) is 4.83. The highest BCUT2D eigenvalue weighted by molar-refractivity contribution is 9.10. The second kappa shape index (κ2) is 7.67. The number of hydrogen-bond acceptors (Lipinski definition) is 6. The molecule has 140 valence electrons. The number of fused-ring (bicyclic) bond motifs is 1. The van der Waals surface area contributed by atoms with Crippen molar-refractivity contribution in [3.05, 3.63) is 57.5 Å². The first kappa shape index (κ1) is 18.6. The first-order valence-corrected chi connectivity index (χ1v) is 10.0. The maximum atomic E-state index is 6.59. The summed E-state index contributed by atoms with van der Waals surface area (Å²) >= 11 is 9.55. The molecular formula is C19H20BrClN6.